The number of halogens is 1. The number of likely N-dealkylation sites (tertiary alicyclic amines) is 1. The summed E-state index contributed by atoms with van der Waals surface area (Å²) in [5.41, 5.74) is 0.453. The third-order valence-electron chi connectivity index (χ3n) is 3.88. The fourth-order valence-electron chi connectivity index (χ4n) is 2.43. The number of methoxy groups -OCH3 is 1. The Bertz CT molecular complexity index is 580. The number of hydrogen-bond acceptors (Lipinski definition) is 3. The lowest BCUT2D eigenvalue weighted by Gasteiger charge is -2.28. The Labute approximate surface area is 135 Å². The lowest BCUT2D eigenvalue weighted by atomic mass is 10.1. The number of urea groups is 1. The minimum Gasteiger partial charge on any atom is -0.494 e. The minimum absolute atomic E-state index is 0.0735. The number of carbonyl (C=O) groups excluding carboxylic acids is 2. The molecule has 126 valence electrons. The van der Waals surface area contributed by atoms with Crippen LogP contribution in [-0.4, -0.2) is 55.5 Å². The van der Waals surface area contributed by atoms with E-state index in [0.717, 1.165) is 19.4 Å². The van der Waals surface area contributed by atoms with E-state index in [4.69, 9.17) is 4.74 Å². The lowest BCUT2D eigenvalue weighted by molar-refractivity contribution is -0.133. The predicted octanol–water partition coefficient (Wildman–Crippen LogP) is 2.31. The van der Waals surface area contributed by atoms with Crippen molar-refractivity contribution in [3.8, 4) is 5.75 Å². The van der Waals surface area contributed by atoms with Crippen LogP contribution in [0.1, 0.15) is 19.3 Å². The topological polar surface area (TPSA) is 61.9 Å². The van der Waals surface area contributed by atoms with Gasteiger partial charge in [0.2, 0.25) is 5.91 Å². The summed E-state index contributed by atoms with van der Waals surface area (Å²) < 4.78 is 18.2. The highest BCUT2D eigenvalue weighted by Gasteiger charge is 2.19. The van der Waals surface area contributed by atoms with Crippen molar-refractivity contribution in [3.05, 3.63) is 24.0 Å². The van der Waals surface area contributed by atoms with E-state index in [-0.39, 0.29) is 17.7 Å². The molecule has 0 bridgehead atoms. The molecule has 0 spiro atoms. The normalized spacial score (nSPS) is 14.6. The van der Waals surface area contributed by atoms with Crippen LogP contribution in [0.5, 0.6) is 5.75 Å². The number of nitrogens with one attached hydrogen (secondary N) is 1. The number of anilines is 1. The van der Waals surface area contributed by atoms with Gasteiger partial charge in [-0.2, -0.15) is 0 Å². The first kappa shape index (κ1) is 17.1. The number of rotatable bonds is 5. The van der Waals surface area contributed by atoms with Crippen LogP contribution in [0.25, 0.3) is 0 Å². The van der Waals surface area contributed by atoms with E-state index in [1.54, 1.807) is 11.9 Å². The highest BCUT2D eigenvalue weighted by molar-refractivity contribution is 5.89. The van der Waals surface area contributed by atoms with Gasteiger partial charge in [-0.15, -0.1) is 0 Å². The number of piperidine rings is 1. The van der Waals surface area contributed by atoms with Gasteiger partial charge in [-0.05, 0) is 25.0 Å². The van der Waals surface area contributed by atoms with Crippen molar-refractivity contribution in [2.45, 2.75) is 19.3 Å². The van der Waals surface area contributed by atoms with E-state index >= 15 is 0 Å². The monoisotopic (exact) mass is 323 g/mol. The second-order valence-electron chi connectivity index (χ2n) is 5.54. The van der Waals surface area contributed by atoms with Crippen molar-refractivity contribution in [1.82, 2.24) is 9.80 Å². The molecule has 1 N–H and O–H groups in total. The van der Waals surface area contributed by atoms with Gasteiger partial charge in [-0.1, -0.05) is 0 Å². The molecule has 1 aromatic rings. The third-order valence-corrected chi connectivity index (χ3v) is 3.88. The van der Waals surface area contributed by atoms with Crippen LogP contribution in [0.3, 0.4) is 0 Å². The maximum Gasteiger partial charge on any atom is 0.321 e. The number of amides is 3. The van der Waals surface area contributed by atoms with Crippen molar-refractivity contribution in [1.29, 1.82) is 0 Å². The molecule has 0 radical (unpaired) electrons. The van der Waals surface area contributed by atoms with Crippen molar-refractivity contribution < 1.29 is 18.7 Å². The van der Waals surface area contributed by atoms with Crippen LogP contribution in [0.15, 0.2) is 18.2 Å². The number of likely N-dealkylation sites (N-methyl/N-ethyl adjacent to an activating group) is 1. The Balaban J connectivity index is 1.86. The molecule has 23 heavy (non-hydrogen) atoms. The first-order valence-corrected chi connectivity index (χ1v) is 7.64. The largest absolute Gasteiger partial charge is 0.494 e. The molecule has 0 aliphatic carbocycles. The third kappa shape index (κ3) is 4.58. The molecule has 6 nitrogen and oxygen atoms in total. The van der Waals surface area contributed by atoms with E-state index < -0.39 is 5.82 Å². The summed E-state index contributed by atoms with van der Waals surface area (Å²) in [6.45, 7) is 1.72. The second kappa shape index (κ2) is 7.80. The zero-order valence-corrected chi connectivity index (χ0v) is 13.5. The van der Waals surface area contributed by atoms with Gasteiger partial charge in [0, 0.05) is 44.9 Å². The van der Waals surface area contributed by atoms with Gasteiger partial charge in [-0.25, -0.2) is 9.18 Å². The molecule has 1 heterocycles. The van der Waals surface area contributed by atoms with E-state index in [1.165, 1.54) is 30.2 Å². The van der Waals surface area contributed by atoms with Crippen LogP contribution < -0.4 is 10.1 Å². The number of carbonyl (C=O) groups is 2. The Kier molecular flexibility index (Phi) is 5.78. The van der Waals surface area contributed by atoms with Gasteiger partial charge in [0.1, 0.15) is 0 Å². The van der Waals surface area contributed by atoms with Crippen molar-refractivity contribution in [2.24, 2.45) is 0 Å². The molecule has 2 rings (SSSR count). The fraction of sp³-hybridized carbons (Fsp3) is 0.500. The molecule has 1 fully saturated rings. The maximum absolute atomic E-state index is 13.3. The highest BCUT2D eigenvalue weighted by atomic mass is 19.1. The summed E-state index contributed by atoms with van der Waals surface area (Å²) in [5, 5.41) is 2.68. The Morgan fingerprint density at radius 3 is 2.91 bits per heavy atom. The van der Waals surface area contributed by atoms with Gasteiger partial charge in [0.25, 0.3) is 0 Å². The smallest absolute Gasteiger partial charge is 0.321 e. The minimum atomic E-state index is -0.484. The molecule has 3 amide bonds. The maximum atomic E-state index is 13.3. The number of benzene rings is 1. The van der Waals surface area contributed by atoms with Crippen molar-refractivity contribution >= 4 is 17.6 Å². The first-order chi connectivity index (χ1) is 11.0. The van der Waals surface area contributed by atoms with E-state index in [9.17, 15) is 14.0 Å². The summed E-state index contributed by atoms with van der Waals surface area (Å²) >= 11 is 0. The average Bonchev–Trinajstić information content (AvgIpc) is 2.55. The first-order valence-electron chi connectivity index (χ1n) is 7.64. The quantitative estimate of drug-likeness (QED) is 0.904. The Hall–Kier alpha value is -2.31. The molecule has 1 aromatic carbocycles. The molecule has 7 heteroatoms. The lowest BCUT2D eigenvalue weighted by Crippen LogP contribution is -2.42. The van der Waals surface area contributed by atoms with E-state index in [2.05, 4.69) is 5.32 Å². The fourth-order valence-corrected chi connectivity index (χ4v) is 2.43. The zero-order chi connectivity index (χ0) is 16.8. The van der Waals surface area contributed by atoms with Crippen molar-refractivity contribution in [2.75, 3.05) is 39.1 Å². The Morgan fingerprint density at radius 1 is 1.43 bits per heavy atom. The summed E-state index contributed by atoms with van der Waals surface area (Å²) in [6, 6.07) is 3.82. The van der Waals surface area contributed by atoms with Crippen LogP contribution in [-0.2, 0) is 4.79 Å². The molecule has 0 aromatic heterocycles. The van der Waals surface area contributed by atoms with Gasteiger partial charge in [-0.3, -0.25) is 4.79 Å². The predicted molar refractivity (Wildman–Crippen MR) is 85.0 cm³/mol. The molecular weight excluding hydrogens is 301 g/mol. The van der Waals surface area contributed by atoms with Crippen LogP contribution in [0.4, 0.5) is 14.9 Å². The highest BCUT2D eigenvalue weighted by Crippen LogP contribution is 2.21. The van der Waals surface area contributed by atoms with Gasteiger partial charge < -0.3 is 19.9 Å². The standard InChI is InChI=1S/C16H22FN3O3/c1-19(9-10-20-8-4-3-5-15(20)21)16(22)18-12-6-7-13(17)14(11-12)23-2/h6-7,11H,3-5,8-10H2,1-2H3,(H,18,22). The molecule has 0 unspecified atom stereocenters. The van der Waals surface area contributed by atoms with Gasteiger partial charge in [0.15, 0.2) is 11.6 Å². The molecule has 1 aliphatic rings. The zero-order valence-electron chi connectivity index (χ0n) is 13.5. The van der Waals surface area contributed by atoms with E-state index in [1.807, 2.05) is 0 Å². The van der Waals surface area contributed by atoms with E-state index in [0.29, 0.717) is 25.2 Å². The molecule has 1 saturated heterocycles. The van der Waals surface area contributed by atoms with Crippen LogP contribution >= 0.6 is 0 Å². The average molecular weight is 323 g/mol. The summed E-state index contributed by atoms with van der Waals surface area (Å²) in [4.78, 5) is 27.1. The SMILES string of the molecule is COc1cc(NC(=O)N(C)CCN2CCCCC2=O)ccc1F. The summed E-state index contributed by atoms with van der Waals surface area (Å²) in [6.07, 6.45) is 2.54. The second-order valence-corrected chi connectivity index (χ2v) is 5.54. The van der Waals surface area contributed by atoms with Gasteiger partial charge in [0.05, 0.1) is 7.11 Å². The van der Waals surface area contributed by atoms with Gasteiger partial charge >= 0.3 is 6.03 Å². The molecular formula is C16H22FN3O3. The molecule has 0 atom stereocenters. The number of nitrogens with zero attached hydrogens (tertiary/aromatic N) is 2. The number of ether oxygens (including phenoxy) is 1. The van der Waals surface area contributed by atoms with Crippen LogP contribution in [0, 0.1) is 5.82 Å². The van der Waals surface area contributed by atoms with Crippen molar-refractivity contribution in [3.63, 3.8) is 0 Å². The Morgan fingerprint density at radius 2 is 2.22 bits per heavy atom. The summed E-state index contributed by atoms with van der Waals surface area (Å²) in [5.74, 6) is -0.264. The number of hydrogen-bond donors (Lipinski definition) is 1. The molecule has 0 saturated carbocycles. The summed E-state index contributed by atoms with van der Waals surface area (Å²) in [7, 11) is 3.02. The molecule has 1 aliphatic heterocycles. The van der Waals surface area contributed by atoms with Crippen LogP contribution in [0.2, 0.25) is 0 Å².